The maximum atomic E-state index is 13.2. The van der Waals surface area contributed by atoms with Gasteiger partial charge in [0, 0.05) is 25.6 Å². The molecule has 0 saturated carbocycles. The van der Waals surface area contributed by atoms with Crippen molar-refractivity contribution in [2.45, 2.75) is 52.6 Å². The molecule has 28 heavy (non-hydrogen) atoms. The zero-order valence-corrected chi connectivity index (χ0v) is 17.3. The monoisotopic (exact) mass is 387 g/mol. The number of urea groups is 1. The minimum Gasteiger partial charge on any atom is -0.486 e. The first kappa shape index (κ1) is 20.5. The van der Waals surface area contributed by atoms with Gasteiger partial charge in [-0.25, -0.2) is 4.79 Å². The van der Waals surface area contributed by atoms with Crippen molar-refractivity contribution in [3.63, 3.8) is 0 Å². The maximum absolute atomic E-state index is 13.2. The Kier molecular flexibility index (Phi) is 6.81. The van der Waals surface area contributed by atoms with Crippen molar-refractivity contribution < 1.29 is 14.3 Å². The van der Waals surface area contributed by atoms with Crippen molar-refractivity contribution in [1.29, 1.82) is 0 Å². The minimum atomic E-state index is 0.0107. The number of fused-ring (bicyclic) bond motifs is 1. The maximum Gasteiger partial charge on any atom is 0.324 e. The predicted octanol–water partition coefficient (Wildman–Crippen LogP) is 3.66. The number of piperidine rings is 1. The standard InChI is InChI=1S/C22H33N3O3/c1-4-18-15-25(19-7-5-6-8-20(19)28-18)22(27)24-13-10-17(11-14-24)21(26)23-12-9-16(2)3/h5-8,16-18H,4,9-15H2,1-3H3,(H,23,26)/t18-/m1/s1. The summed E-state index contributed by atoms with van der Waals surface area (Å²) in [6.07, 6.45) is 3.32. The number of amides is 3. The third kappa shape index (κ3) is 4.78. The van der Waals surface area contributed by atoms with Gasteiger partial charge in [-0.2, -0.15) is 0 Å². The second kappa shape index (κ2) is 9.30. The Bertz CT molecular complexity index is 683. The summed E-state index contributed by atoms with van der Waals surface area (Å²) in [4.78, 5) is 29.3. The molecule has 0 aromatic heterocycles. The number of hydrogen-bond donors (Lipinski definition) is 1. The van der Waals surface area contributed by atoms with Crippen LogP contribution in [0.3, 0.4) is 0 Å². The number of anilines is 1. The molecule has 2 aliphatic rings. The molecule has 0 aliphatic carbocycles. The van der Waals surface area contributed by atoms with Gasteiger partial charge in [-0.1, -0.05) is 32.9 Å². The van der Waals surface area contributed by atoms with E-state index in [1.54, 1.807) is 0 Å². The van der Waals surface area contributed by atoms with Crippen LogP contribution in [0, 0.1) is 11.8 Å². The molecule has 3 amide bonds. The minimum absolute atomic E-state index is 0.0107. The first-order valence-corrected chi connectivity index (χ1v) is 10.6. The van der Waals surface area contributed by atoms with Gasteiger partial charge in [0.1, 0.15) is 11.9 Å². The third-order valence-electron chi connectivity index (χ3n) is 5.68. The van der Waals surface area contributed by atoms with Crippen molar-refractivity contribution in [2.75, 3.05) is 31.1 Å². The van der Waals surface area contributed by atoms with Gasteiger partial charge < -0.3 is 15.0 Å². The molecule has 1 aromatic rings. The second-order valence-corrected chi connectivity index (χ2v) is 8.24. The summed E-state index contributed by atoms with van der Waals surface area (Å²) in [5, 5.41) is 3.05. The van der Waals surface area contributed by atoms with Crippen LogP contribution < -0.4 is 15.0 Å². The number of carbonyl (C=O) groups is 2. The van der Waals surface area contributed by atoms with E-state index in [2.05, 4.69) is 26.1 Å². The van der Waals surface area contributed by atoms with Gasteiger partial charge in [-0.15, -0.1) is 0 Å². The average Bonchev–Trinajstić information content (AvgIpc) is 2.72. The van der Waals surface area contributed by atoms with Crippen molar-refractivity contribution in [3.8, 4) is 5.75 Å². The molecule has 1 saturated heterocycles. The van der Waals surface area contributed by atoms with Gasteiger partial charge in [-0.05, 0) is 43.7 Å². The Balaban J connectivity index is 1.57. The molecule has 154 valence electrons. The van der Waals surface area contributed by atoms with E-state index in [0.717, 1.165) is 43.7 Å². The number of ether oxygens (including phenoxy) is 1. The smallest absolute Gasteiger partial charge is 0.324 e. The number of rotatable bonds is 5. The highest BCUT2D eigenvalue weighted by molar-refractivity contribution is 5.94. The zero-order chi connectivity index (χ0) is 20.1. The number of para-hydroxylation sites is 2. The highest BCUT2D eigenvalue weighted by atomic mass is 16.5. The average molecular weight is 388 g/mol. The zero-order valence-electron chi connectivity index (χ0n) is 17.3. The summed E-state index contributed by atoms with van der Waals surface area (Å²) in [5.74, 6) is 1.50. The van der Waals surface area contributed by atoms with E-state index < -0.39 is 0 Å². The van der Waals surface area contributed by atoms with Gasteiger partial charge in [0.05, 0.1) is 12.2 Å². The third-order valence-corrected chi connectivity index (χ3v) is 5.68. The summed E-state index contributed by atoms with van der Waals surface area (Å²) in [6, 6.07) is 7.75. The van der Waals surface area contributed by atoms with Crippen LogP contribution in [-0.2, 0) is 4.79 Å². The molecule has 1 N–H and O–H groups in total. The number of carbonyl (C=O) groups excluding carboxylic acids is 2. The Labute approximate surface area is 168 Å². The highest BCUT2D eigenvalue weighted by Crippen LogP contribution is 2.34. The van der Waals surface area contributed by atoms with Crippen LogP contribution in [0.25, 0.3) is 0 Å². The molecule has 1 atom stereocenters. The van der Waals surface area contributed by atoms with E-state index in [0.29, 0.717) is 25.6 Å². The molecule has 0 unspecified atom stereocenters. The molecule has 3 rings (SSSR count). The van der Waals surface area contributed by atoms with Crippen LogP contribution >= 0.6 is 0 Å². The summed E-state index contributed by atoms with van der Waals surface area (Å²) in [7, 11) is 0. The molecule has 6 nitrogen and oxygen atoms in total. The van der Waals surface area contributed by atoms with Gasteiger partial charge in [0.2, 0.25) is 5.91 Å². The van der Waals surface area contributed by atoms with E-state index in [4.69, 9.17) is 4.74 Å². The number of nitrogens with zero attached hydrogens (tertiary/aromatic N) is 2. The fourth-order valence-electron chi connectivity index (χ4n) is 3.82. The van der Waals surface area contributed by atoms with Crippen LogP contribution in [0.2, 0.25) is 0 Å². The molecule has 1 aromatic carbocycles. The SMILES string of the molecule is CC[C@@H]1CN(C(=O)N2CCC(C(=O)NCCC(C)C)CC2)c2ccccc2O1. The molecule has 1 fully saturated rings. The first-order chi connectivity index (χ1) is 13.5. The fraction of sp³-hybridized carbons (Fsp3) is 0.636. The Morgan fingerprint density at radius 2 is 1.93 bits per heavy atom. The van der Waals surface area contributed by atoms with Crippen LogP contribution in [0.15, 0.2) is 24.3 Å². The molecule has 6 heteroatoms. The Morgan fingerprint density at radius 1 is 1.21 bits per heavy atom. The highest BCUT2D eigenvalue weighted by Gasteiger charge is 2.34. The lowest BCUT2D eigenvalue weighted by Crippen LogP contribution is -2.52. The molecule has 0 spiro atoms. The normalized spacial score (nSPS) is 19.9. The Hall–Kier alpha value is -2.24. The van der Waals surface area contributed by atoms with Crippen LogP contribution in [0.4, 0.5) is 10.5 Å². The summed E-state index contributed by atoms with van der Waals surface area (Å²) >= 11 is 0. The molecular weight excluding hydrogens is 354 g/mol. The molecule has 0 bridgehead atoms. The van der Waals surface area contributed by atoms with E-state index in [1.807, 2.05) is 34.1 Å². The van der Waals surface area contributed by atoms with Gasteiger partial charge in [0.25, 0.3) is 0 Å². The number of likely N-dealkylation sites (tertiary alicyclic amines) is 1. The lowest BCUT2D eigenvalue weighted by Gasteiger charge is -2.39. The Morgan fingerprint density at radius 3 is 2.61 bits per heavy atom. The van der Waals surface area contributed by atoms with E-state index in [1.165, 1.54) is 0 Å². The fourth-order valence-corrected chi connectivity index (χ4v) is 3.82. The summed E-state index contributed by atoms with van der Waals surface area (Å²) in [5.41, 5.74) is 0.839. The van der Waals surface area contributed by atoms with Crippen molar-refractivity contribution in [2.24, 2.45) is 11.8 Å². The lowest BCUT2D eigenvalue weighted by atomic mass is 9.96. The number of nitrogens with one attached hydrogen (secondary N) is 1. The van der Waals surface area contributed by atoms with Crippen molar-refractivity contribution in [1.82, 2.24) is 10.2 Å². The quantitative estimate of drug-likeness (QED) is 0.839. The molecule has 2 heterocycles. The lowest BCUT2D eigenvalue weighted by molar-refractivity contribution is -0.126. The summed E-state index contributed by atoms with van der Waals surface area (Å²) in [6.45, 7) is 8.94. The van der Waals surface area contributed by atoms with Gasteiger partial charge >= 0.3 is 6.03 Å². The van der Waals surface area contributed by atoms with E-state index >= 15 is 0 Å². The number of hydrogen-bond acceptors (Lipinski definition) is 3. The van der Waals surface area contributed by atoms with Crippen LogP contribution in [0.1, 0.15) is 46.5 Å². The second-order valence-electron chi connectivity index (χ2n) is 8.24. The molecule has 0 radical (unpaired) electrons. The van der Waals surface area contributed by atoms with Crippen LogP contribution in [0.5, 0.6) is 5.75 Å². The van der Waals surface area contributed by atoms with Gasteiger partial charge in [-0.3, -0.25) is 9.69 Å². The van der Waals surface area contributed by atoms with E-state index in [9.17, 15) is 9.59 Å². The summed E-state index contributed by atoms with van der Waals surface area (Å²) < 4.78 is 5.99. The van der Waals surface area contributed by atoms with Crippen LogP contribution in [-0.4, -0.2) is 49.1 Å². The van der Waals surface area contributed by atoms with E-state index in [-0.39, 0.29) is 24.0 Å². The van der Waals surface area contributed by atoms with Crippen molar-refractivity contribution in [3.05, 3.63) is 24.3 Å². The first-order valence-electron chi connectivity index (χ1n) is 10.6. The van der Waals surface area contributed by atoms with Gasteiger partial charge in [0.15, 0.2) is 0 Å². The molecule has 2 aliphatic heterocycles. The molecular formula is C22H33N3O3. The van der Waals surface area contributed by atoms with Crippen molar-refractivity contribution >= 4 is 17.6 Å². The topological polar surface area (TPSA) is 61.9 Å². The predicted molar refractivity (Wildman–Crippen MR) is 111 cm³/mol. The number of benzene rings is 1. The largest absolute Gasteiger partial charge is 0.486 e.